The van der Waals surface area contributed by atoms with E-state index >= 15 is 0 Å². The van der Waals surface area contributed by atoms with Gasteiger partial charge in [0.1, 0.15) is 11.3 Å². The number of halogens is 3. The second-order valence-corrected chi connectivity index (χ2v) is 4.78. The molecule has 0 atom stereocenters. The summed E-state index contributed by atoms with van der Waals surface area (Å²) in [6.07, 6.45) is -4.35. The van der Waals surface area contributed by atoms with Crippen LogP contribution in [0.2, 0.25) is 0 Å². The van der Waals surface area contributed by atoms with Gasteiger partial charge in [-0.3, -0.25) is 9.59 Å². The quantitative estimate of drug-likeness (QED) is 0.868. The van der Waals surface area contributed by atoms with Crippen molar-refractivity contribution in [1.29, 1.82) is 0 Å². The molecule has 0 aliphatic heterocycles. The van der Waals surface area contributed by atoms with Crippen LogP contribution in [-0.4, -0.2) is 40.1 Å². The molecule has 0 unspecified atom stereocenters. The van der Waals surface area contributed by atoms with Crippen LogP contribution in [0.5, 0.6) is 0 Å². The Morgan fingerprint density at radius 1 is 1.38 bits per heavy atom. The zero-order chi connectivity index (χ0) is 16.2. The minimum Gasteiger partial charge on any atom is -0.396 e. The zero-order valence-electron chi connectivity index (χ0n) is 11.7. The Balaban J connectivity index is 3.09. The molecule has 8 heteroatoms. The van der Waals surface area contributed by atoms with Crippen molar-refractivity contribution < 1.29 is 23.1 Å². The van der Waals surface area contributed by atoms with Gasteiger partial charge in [0.05, 0.1) is 0 Å². The van der Waals surface area contributed by atoms with Crippen LogP contribution in [0, 0.1) is 0 Å². The molecule has 0 radical (unpaired) electrons. The number of hydrogen-bond acceptors (Lipinski definition) is 3. The van der Waals surface area contributed by atoms with Crippen molar-refractivity contribution >= 4 is 5.91 Å². The summed E-state index contributed by atoms with van der Waals surface area (Å²) in [7, 11) is 0. The Labute approximate surface area is 119 Å². The number of hydrogen-bond donors (Lipinski definition) is 2. The first-order valence-electron chi connectivity index (χ1n) is 6.40. The van der Waals surface area contributed by atoms with Gasteiger partial charge in [-0.1, -0.05) is 0 Å². The fourth-order valence-electron chi connectivity index (χ4n) is 1.80. The largest absolute Gasteiger partial charge is 0.431 e. The molecule has 5 nitrogen and oxygen atoms in total. The smallest absolute Gasteiger partial charge is 0.396 e. The van der Waals surface area contributed by atoms with Gasteiger partial charge in [0.15, 0.2) is 0 Å². The van der Waals surface area contributed by atoms with Gasteiger partial charge in [-0.15, -0.1) is 0 Å². The van der Waals surface area contributed by atoms with Gasteiger partial charge in [-0.05, 0) is 32.4 Å². The predicted octanol–water partition coefficient (Wildman–Crippen LogP) is 1.63. The van der Waals surface area contributed by atoms with E-state index in [1.807, 2.05) is 0 Å². The molecular weight excluding hydrogens is 289 g/mol. The van der Waals surface area contributed by atoms with Gasteiger partial charge in [0.2, 0.25) is 0 Å². The number of alkyl halides is 3. The van der Waals surface area contributed by atoms with Gasteiger partial charge in [-0.2, -0.15) is 13.2 Å². The Bertz CT molecular complexity index is 552. The lowest BCUT2D eigenvalue weighted by molar-refractivity contribution is -0.141. The molecule has 1 heterocycles. The highest BCUT2D eigenvalue weighted by Gasteiger charge is 2.32. The maximum atomic E-state index is 12.5. The zero-order valence-corrected chi connectivity index (χ0v) is 11.7. The molecule has 1 rings (SSSR count). The molecule has 1 aromatic heterocycles. The predicted molar refractivity (Wildman–Crippen MR) is 69.9 cm³/mol. The minimum atomic E-state index is -4.67. The van der Waals surface area contributed by atoms with Crippen molar-refractivity contribution in [2.75, 3.05) is 13.2 Å². The van der Waals surface area contributed by atoms with Crippen molar-refractivity contribution in [3.63, 3.8) is 0 Å². The van der Waals surface area contributed by atoms with E-state index in [1.165, 1.54) is 4.90 Å². The van der Waals surface area contributed by atoms with Crippen LogP contribution < -0.4 is 5.56 Å². The van der Waals surface area contributed by atoms with Crippen LogP contribution in [-0.2, 0) is 6.18 Å². The Morgan fingerprint density at radius 3 is 2.43 bits per heavy atom. The van der Waals surface area contributed by atoms with Crippen LogP contribution in [0.4, 0.5) is 13.2 Å². The average molecular weight is 306 g/mol. The van der Waals surface area contributed by atoms with Crippen molar-refractivity contribution in [2.45, 2.75) is 32.5 Å². The minimum absolute atomic E-state index is 0.125. The maximum absolute atomic E-state index is 12.5. The number of rotatable bonds is 5. The molecule has 0 spiro atoms. The molecular formula is C13H17F3N2O3. The molecule has 2 N–H and O–H groups in total. The van der Waals surface area contributed by atoms with E-state index in [0.29, 0.717) is 12.5 Å². The van der Waals surface area contributed by atoms with E-state index in [9.17, 15) is 22.8 Å². The van der Waals surface area contributed by atoms with E-state index in [1.54, 1.807) is 18.8 Å². The molecule has 0 bridgehead atoms. The summed E-state index contributed by atoms with van der Waals surface area (Å²) in [5.74, 6) is -0.659. The topological polar surface area (TPSA) is 73.4 Å². The number of nitrogens with one attached hydrogen (secondary N) is 1. The molecule has 1 amide bonds. The highest BCUT2D eigenvalue weighted by atomic mass is 19.4. The molecule has 21 heavy (non-hydrogen) atoms. The average Bonchev–Trinajstić information content (AvgIpc) is 2.37. The first-order chi connectivity index (χ1) is 9.68. The first kappa shape index (κ1) is 17.2. The number of aliphatic hydroxyl groups excluding tert-OH is 1. The fraction of sp³-hybridized carbons (Fsp3) is 0.538. The Morgan fingerprint density at radius 2 is 2.00 bits per heavy atom. The number of pyridine rings is 1. The number of aliphatic hydroxyl groups is 1. The molecule has 0 saturated heterocycles. The van der Waals surface area contributed by atoms with E-state index in [2.05, 4.69) is 0 Å². The third kappa shape index (κ3) is 4.32. The lowest BCUT2D eigenvalue weighted by atomic mass is 10.2. The number of carbonyl (C=O) groups excluding carboxylic acids is 1. The number of aromatic amines is 1. The fourth-order valence-corrected chi connectivity index (χ4v) is 1.80. The summed E-state index contributed by atoms with van der Waals surface area (Å²) in [6.45, 7) is 3.52. The molecule has 0 aliphatic rings. The summed E-state index contributed by atoms with van der Waals surface area (Å²) < 4.78 is 37.4. The Hall–Kier alpha value is -1.83. The van der Waals surface area contributed by atoms with Gasteiger partial charge in [0.25, 0.3) is 11.5 Å². The van der Waals surface area contributed by atoms with Crippen molar-refractivity contribution in [3.05, 3.63) is 33.7 Å². The van der Waals surface area contributed by atoms with Crippen molar-refractivity contribution in [1.82, 2.24) is 9.88 Å². The number of amides is 1. The van der Waals surface area contributed by atoms with E-state index in [0.717, 1.165) is 6.07 Å². The van der Waals surface area contributed by atoms with Crippen LogP contribution in [0.3, 0.4) is 0 Å². The van der Waals surface area contributed by atoms with Crippen LogP contribution in [0.1, 0.15) is 36.3 Å². The lowest BCUT2D eigenvalue weighted by Gasteiger charge is -2.26. The van der Waals surface area contributed by atoms with Gasteiger partial charge in [0, 0.05) is 19.2 Å². The SMILES string of the molecule is CC(C)N(CCCO)C(=O)c1ccc(C(F)(F)F)[nH]c1=O. The monoisotopic (exact) mass is 306 g/mol. The van der Waals surface area contributed by atoms with Crippen molar-refractivity contribution in [3.8, 4) is 0 Å². The lowest BCUT2D eigenvalue weighted by Crippen LogP contribution is -2.40. The second kappa shape index (κ2) is 6.75. The summed E-state index contributed by atoms with van der Waals surface area (Å²) in [5.41, 5.74) is -2.63. The van der Waals surface area contributed by atoms with E-state index in [4.69, 9.17) is 5.11 Å². The number of nitrogens with zero attached hydrogens (tertiary/aromatic N) is 1. The Kier molecular flexibility index (Phi) is 5.54. The standard InChI is InChI=1S/C13H17F3N2O3/c1-8(2)18(6-3-7-19)12(21)9-4-5-10(13(14,15)16)17-11(9)20/h4-5,8,19H,3,6-7H2,1-2H3,(H,17,20). The van der Waals surface area contributed by atoms with Gasteiger partial charge >= 0.3 is 6.18 Å². The maximum Gasteiger partial charge on any atom is 0.431 e. The molecule has 0 aromatic carbocycles. The summed E-state index contributed by atoms with van der Waals surface area (Å²) in [6, 6.07) is 1.29. The number of H-pyrrole nitrogens is 1. The van der Waals surface area contributed by atoms with Gasteiger partial charge < -0.3 is 15.0 Å². The van der Waals surface area contributed by atoms with Crippen molar-refractivity contribution in [2.24, 2.45) is 0 Å². The van der Waals surface area contributed by atoms with E-state index in [-0.39, 0.29) is 24.8 Å². The highest BCUT2D eigenvalue weighted by Crippen LogP contribution is 2.26. The highest BCUT2D eigenvalue weighted by molar-refractivity contribution is 5.94. The van der Waals surface area contributed by atoms with Crippen LogP contribution in [0.15, 0.2) is 16.9 Å². The second-order valence-electron chi connectivity index (χ2n) is 4.78. The van der Waals surface area contributed by atoms with Crippen LogP contribution in [0.25, 0.3) is 0 Å². The molecule has 118 valence electrons. The molecule has 0 saturated carbocycles. The van der Waals surface area contributed by atoms with E-state index < -0.39 is 23.3 Å². The summed E-state index contributed by atoms with van der Waals surface area (Å²) in [4.78, 5) is 26.9. The molecule has 0 fully saturated rings. The van der Waals surface area contributed by atoms with Crippen LogP contribution >= 0.6 is 0 Å². The number of carbonyl (C=O) groups is 1. The molecule has 0 aliphatic carbocycles. The normalized spacial score (nSPS) is 11.8. The summed E-state index contributed by atoms with van der Waals surface area (Å²) >= 11 is 0. The first-order valence-corrected chi connectivity index (χ1v) is 6.40. The van der Waals surface area contributed by atoms with Gasteiger partial charge in [-0.25, -0.2) is 0 Å². The number of aromatic nitrogens is 1. The summed E-state index contributed by atoms with van der Waals surface area (Å²) in [5, 5.41) is 8.80. The molecule has 1 aromatic rings. The third-order valence-corrected chi connectivity index (χ3v) is 2.89. The third-order valence-electron chi connectivity index (χ3n) is 2.89.